The van der Waals surface area contributed by atoms with Crippen LogP contribution in [0.3, 0.4) is 0 Å². The zero-order valence-corrected chi connectivity index (χ0v) is 16.1. The summed E-state index contributed by atoms with van der Waals surface area (Å²) in [6.45, 7) is 1.42. The van der Waals surface area contributed by atoms with E-state index in [0.29, 0.717) is 33.8 Å². The van der Waals surface area contributed by atoms with E-state index in [1.807, 2.05) is 6.07 Å². The van der Waals surface area contributed by atoms with Crippen molar-refractivity contribution >= 4 is 34.8 Å². The largest absolute Gasteiger partial charge is 0.326 e. The highest BCUT2D eigenvalue weighted by Gasteiger charge is 2.10. The van der Waals surface area contributed by atoms with Gasteiger partial charge in [-0.05, 0) is 72.8 Å². The number of rotatable bonds is 5. The molecule has 0 fully saturated rings. The van der Waals surface area contributed by atoms with Gasteiger partial charge in [0.25, 0.3) is 11.8 Å². The maximum Gasteiger partial charge on any atom is 0.255 e. The van der Waals surface area contributed by atoms with E-state index in [0.717, 1.165) is 0 Å². The molecule has 3 N–H and O–H groups in total. The van der Waals surface area contributed by atoms with Gasteiger partial charge in [0.15, 0.2) is 0 Å². The fourth-order valence-corrected chi connectivity index (χ4v) is 2.65. The lowest BCUT2D eigenvalue weighted by Gasteiger charge is -2.08. The van der Waals surface area contributed by atoms with Crippen LogP contribution in [0.5, 0.6) is 0 Å². The molecular weight excluding hydrogens is 380 g/mol. The lowest BCUT2D eigenvalue weighted by Crippen LogP contribution is -2.14. The van der Waals surface area contributed by atoms with Crippen molar-refractivity contribution in [3.8, 4) is 6.07 Å². The van der Waals surface area contributed by atoms with Crippen molar-refractivity contribution < 1.29 is 14.4 Å². The zero-order chi connectivity index (χ0) is 21.5. The highest BCUT2D eigenvalue weighted by atomic mass is 16.2. The minimum atomic E-state index is -0.319. The monoisotopic (exact) mass is 398 g/mol. The molecule has 0 aromatic heterocycles. The van der Waals surface area contributed by atoms with Crippen LogP contribution in [-0.2, 0) is 4.79 Å². The van der Waals surface area contributed by atoms with Gasteiger partial charge in [-0.15, -0.1) is 0 Å². The fraction of sp³-hybridized carbons (Fsp3) is 0.0435. The first-order chi connectivity index (χ1) is 14.4. The first-order valence-corrected chi connectivity index (χ1v) is 9.05. The summed E-state index contributed by atoms with van der Waals surface area (Å²) in [5.41, 5.74) is 3.10. The second-order valence-electron chi connectivity index (χ2n) is 6.43. The van der Waals surface area contributed by atoms with Crippen molar-refractivity contribution in [3.63, 3.8) is 0 Å². The number of nitriles is 1. The Morgan fingerprint density at radius 3 is 1.37 bits per heavy atom. The molecule has 0 unspecified atom stereocenters. The van der Waals surface area contributed by atoms with Crippen LogP contribution in [0.4, 0.5) is 17.1 Å². The maximum atomic E-state index is 12.4. The Morgan fingerprint density at radius 1 is 0.633 bits per heavy atom. The number of nitrogens with zero attached hydrogens (tertiary/aromatic N) is 1. The van der Waals surface area contributed by atoms with Gasteiger partial charge in [0.1, 0.15) is 0 Å². The van der Waals surface area contributed by atoms with E-state index in [1.54, 1.807) is 72.8 Å². The average Bonchev–Trinajstić information content (AvgIpc) is 2.75. The van der Waals surface area contributed by atoms with Gasteiger partial charge >= 0.3 is 0 Å². The Hall–Kier alpha value is -4.44. The molecule has 0 bridgehead atoms. The number of benzene rings is 3. The molecule has 0 saturated carbocycles. The molecule has 7 nitrogen and oxygen atoms in total. The fourth-order valence-electron chi connectivity index (χ4n) is 2.65. The Labute approximate surface area is 173 Å². The van der Waals surface area contributed by atoms with Gasteiger partial charge in [0.05, 0.1) is 11.6 Å². The third-order valence-corrected chi connectivity index (χ3v) is 4.14. The van der Waals surface area contributed by atoms with Crippen LogP contribution < -0.4 is 16.0 Å². The number of anilines is 3. The predicted octanol–water partition coefficient (Wildman–Crippen LogP) is 4.02. The van der Waals surface area contributed by atoms with Crippen LogP contribution in [0.2, 0.25) is 0 Å². The molecule has 0 aliphatic heterocycles. The summed E-state index contributed by atoms with van der Waals surface area (Å²) in [5, 5.41) is 17.0. The van der Waals surface area contributed by atoms with E-state index in [4.69, 9.17) is 5.26 Å². The van der Waals surface area contributed by atoms with Crippen LogP contribution in [0.25, 0.3) is 0 Å². The smallest absolute Gasteiger partial charge is 0.255 e. The van der Waals surface area contributed by atoms with Crippen molar-refractivity contribution in [2.75, 3.05) is 16.0 Å². The highest BCUT2D eigenvalue weighted by molar-refractivity contribution is 6.07. The summed E-state index contributed by atoms with van der Waals surface area (Å²) in [6, 6.07) is 21.5. The first-order valence-electron chi connectivity index (χ1n) is 9.05. The molecule has 148 valence electrons. The molecule has 0 spiro atoms. The third kappa shape index (κ3) is 5.30. The van der Waals surface area contributed by atoms with Crippen LogP contribution in [-0.4, -0.2) is 17.7 Å². The molecule has 0 radical (unpaired) electrons. The molecule has 7 heteroatoms. The maximum absolute atomic E-state index is 12.4. The number of hydrogen-bond donors (Lipinski definition) is 3. The summed E-state index contributed by atoms with van der Waals surface area (Å²) in [7, 11) is 0. The minimum Gasteiger partial charge on any atom is -0.326 e. The Kier molecular flexibility index (Phi) is 6.20. The molecule has 0 atom stereocenters. The first kappa shape index (κ1) is 20.3. The SMILES string of the molecule is CC(=O)Nc1ccc(NC(=O)c2ccc(C(=O)Nc3ccc(C#N)cc3)cc2)cc1. The molecule has 0 aliphatic carbocycles. The van der Waals surface area contributed by atoms with E-state index in [2.05, 4.69) is 16.0 Å². The van der Waals surface area contributed by atoms with E-state index >= 15 is 0 Å². The molecule has 3 aromatic rings. The number of hydrogen-bond acceptors (Lipinski definition) is 4. The van der Waals surface area contributed by atoms with Crippen molar-refractivity contribution in [1.82, 2.24) is 0 Å². The lowest BCUT2D eigenvalue weighted by molar-refractivity contribution is -0.114. The molecule has 3 aromatic carbocycles. The number of carbonyl (C=O) groups excluding carboxylic acids is 3. The minimum absolute atomic E-state index is 0.171. The normalized spacial score (nSPS) is 9.87. The van der Waals surface area contributed by atoms with Crippen LogP contribution in [0, 0.1) is 11.3 Å². The molecular formula is C23H18N4O3. The van der Waals surface area contributed by atoms with Crippen molar-refractivity contribution in [3.05, 3.63) is 89.5 Å². The van der Waals surface area contributed by atoms with Crippen LogP contribution in [0.1, 0.15) is 33.2 Å². The van der Waals surface area contributed by atoms with Crippen LogP contribution in [0.15, 0.2) is 72.8 Å². The molecule has 3 amide bonds. The lowest BCUT2D eigenvalue weighted by atomic mass is 10.1. The second kappa shape index (κ2) is 9.17. The average molecular weight is 398 g/mol. The Balaban J connectivity index is 1.61. The summed E-state index contributed by atoms with van der Waals surface area (Å²) in [4.78, 5) is 35.8. The molecule has 0 saturated heterocycles. The predicted molar refractivity (Wildman–Crippen MR) is 114 cm³/mol. The van der Waals surface area contributed by atoms with Gasteiger partial charge in [-0.3, -0.25) is 14.4 Å². The quantitative estimate of drug-likeness (QED) is 0.603. The van der Waals surface area contributed by atoms with Gasteiger partial charge < -0.3 is 16.0 Å². The van der Waals surface area contributed by atoms with Crippen molar-refractivity contribution in [1.29, 1.82) is 5.26 Å². The van der Waals surface area contributed by atoms with Gasteiger partial charge in [0, 0.05) is 35.1 Å². The number of carbonyl (C=O) groups is 3. The summed E-state index contributed by atoms with van der Waals surface area (Å²) in [6.07, 6.45) is 0. The second-order valence-corrected chi connectivity index (χ2v) is 6.43. The van der Waals surface area contributed by atoms with E-state index in [-0.39, 0.29) is 17.7 Å². The third-order valence-electron chi connectivity index (χ3n) is 4.14. The van der Waals surface area contributed by atoms with Gasteiger partial charge in [-0.2, -0.15) is 5.26 Å². The van der Waals surface area contributed by atoms with Gasteiger partial charge in [-0.25, -0.2) is 0 Å². The highest BCUT2D eigenvalue weighted by Crippen LogP contribution is 2.16. The standard InChI is InChI=1S/C23H18N4O3/c1-15(28)25-19-10-12-21(13-11-19)27-23(30)18-6-4-17(5-7-18)22(29)26-20-8-2-16(14-24)3-9-20/h2-13H,1H3,(H,25,28)(H,26,29)(H,27,30). The summed E-state index contributed by atoms with van der Waals surface area (Å²) < 4.78 is 0. The molecule has 0 aliphatic rings. The topological polar surface area (TPSA) is 111 Å². The van der Waals surface area contributed by atoms with Crippen molar-refractivity contribution in [2.24, 2.45) is 0 Å². The molecule has 30 heavy (non-hydrogen) atoms. The molecule has 0 heterocycles. The van der Waals surface area contributed by atoms with Gasteiger partial charge in [0.2, 0.25) is 5.91 Å². The van der Waals surface area contributed by atoms with E-state index < -0.39 is 0 Å². The molecule has 3 rings (SSSR count). The van der Waals surface area contributed by atoms with E-state index in [1.165, 1.54) is 6.92 Å². The summed E-state index contributed by atoms with van der Waals surface area (Å²) in [5.74, 6) is -0.809. The zero-order valence-electron chi connectivity index (χ0n) is 16.1. The van der Waals surface area contributed by atoms with Crippen LogP contribution >= 0.6 is 0 Å². The Bertz CT molecular complexity index is 1110. The number of amides is 3. The Morgan fingerprint density at radius 2 is 1.00 bits per heavy atom. The van der Waals surface area contributed by atoms with Gasteiger partial charge in [-0.1, -0.05) is 0 Å². The van der Waals surface area contributed by atoms with Crippen molar-refractivity contribution in [2.45, 2.75) is 6.92 Å². The summed E-state index contributed by atoms with van der Waals surface area (Å²) >= 11 is 0. The van der Waals surface area contributed by atoms with E-state index in [9.17, 15) is 14.4 Å². The number of nitrogens with one attached hydrogen (secondary N) is 3.